The van der Waals surface area contributed by atoms with Gasteiger partial charge in [-0.25, -0.2) is 0 Å². The lowest BCUT2D eigenvalue weighted by Crippen LogP contribution is -2.33. The molecule has 0 saturated heterocycles. The van der Waals surface area contributed by atoms with Crippen LogP contribution in [0.15, 0.2) is 0 Å². The van der Waals surface area contributed by atoms with Crippen LogP contribution in [0.1, 0.15) is 65.2 Å². The molecule has 0 spiro atoms. The predicted octanol–water partition coefficient (Wildman–Crippen LogP) is 4.51. The third-order valence-corrected chi connectivity index (χ3v) is 14.0. The quantitative estimate of drug-likeness (QED) is 0.382. The summed E-state index contributed by atoms with van der Waals surface area (Å²) in [5.41, 5.74) is 0. The summed E-state index contributed by atoms with van der Waals surface area (Å²) in [6.07, 6.45) is 11.6. The zero-order valence-electron chi connectivity index (χ0n) is 11.6. The fraction of sp³-hybridized carbons (Fsp3) is 1.00. The van der Waals surface area contributed by atoms with Crippen LogP contribution < -0.4 is 0 Å². The molecule has 0 fully saturated rings. The van der Waals surface area contributed by atoms with E-state index in [4.69, 9.17) is 0 Å². The van der Waals surface area contributed by atoms with Gasteiger partial charge in [-0.1, -0.05) is 83.8 Å². The maximum Gasteiger partial charge on any atom is 0.0337 e. The molecule has 0 N–H and O–H groups in total. The molecule has 0 amide bonds. The molecular formula is C13H29Si3. The first-order chi connectivity index (χ1) is 7.72. The molecule has 0 aromatic carbocycles. The molecule has 0 heterocycles. The van der Waals surface area contributed by atoms with Crippen LogP contribution >= 0.6 is 0 Å². The average molecular weight is 270 g/mol. The lowest BCUT2D eigenvalue weighted by atomic mass is 10.2. The molecule has 3 heteroatoms. The lowest BCUT2D eigenvalue weighted by molar-refractivity contribution is 0.688. The fourth-order valence-electron chi connectivity index (χ4n) is 2.03. The minimum Gasteiger partial charge on any atom is -0.0759 e. The van der Waals surface area contributed by atoms with E-state index in [1.807, 2.05) is 0 Å². The largest absolute Gasteiger partial charge is 0.0759 e. The highest BCUT2D eigenvalue weighted by Crippen LogP contribution is 2.14. The van der Waals surface area contributed by atoms with Crippen LogP contribution in [-0.4, -0.2) is 25.9 Å². The summed E-state index contributed by atoms with van der Waals surface area (Å²) in [5.74, 6) is 0. The number of unbranched alkanes of at least 4 members (excludes halogenated alkanes) is 6. The minimum atomic E-state index is -0.140. The summed E-state index contributed by atoms with van der Waals surface area (Å²) in [7, 11) is 3.83. The molecule has 0 saturated carbocycles. The monoisotopic (exact) mass is 269 g/mol. The van der Waals surface area contributed by atoms with Crippen LogP contribution in [0.2, 0.25) is 18.6 Å². The Balaban J connectivity index is 3.54. The van der Waals surface area contributed by atoms with Crippen molar-refractivity contribution in [3.63, 3.8) is 0 Å². The molecule has 0 aliphatic carbocycles. The highest BCUT2D eigenvalue weighted by Gasteiger charge is 2.15. The molecule has 0 unspecified atom stereocenters. The van der Waals surface area contributed by atoms with Gasteiger partial charge in [-0.15, -0.1) is 0 Å². The summed E-state index contributed by atoms with van der Waals surface area (Å²) in [6, 6.07) is 3.15. The number of hydrogen-bond donors (Lipinski definition) is 0. The van der Waals surface area contributed by atoms with Crippen LogP contribution in [0.4, 0.5) is 0 Å². The Kier molecular flexibility index (Phi) is 12.6. The molecular weight excluding hydrogens is 240 g/mol. The molecule has 0 nitrogen and oxygen atoms in total. The second-order valence-corrected chi connectivity index (χ2v) is 16.4. The van der Waals surface area contributed by atoms with Gasteiger partial charge < -0.3 is 0 Å². The zero-order chi connectivity index (χ0) is 12.2. The van der Waals surface area contributed by atoms with E-state index >= 15 is 0 Å². The van der Waals surface area contributed by atoms with E-state index in [0.29, 0.717) is 0 Å². The second-order valence-electron chi connectivity index (χ2n) is 4.85. The fourth-order valence-corrected chi connectivity index (χ4v) is 9.94. The van der Waals surface area contributed by atoms with Gasteiger partial charge >= 0.3 is 0 Å². The van der Waals surface area contributed by atoms with Crippen molar-refractivity contribution in [3.8, 4) is 0 Å². The number of rotatable bonds is 11. The summed E-state index contributed by atoms with van der Waals surface area (Å²) in [6.45, 7) is 7.07. The Morgan fingerprint density at radius 1 is 0.750 bits per heavy atom. The highest BCUT2D eigenvalue weighted by molar-refractivity contribution is 7.40. The van der Waals surface area contributed by atoms with Gasteiger partial charge in [-0.2, -0.15) is 0 Å². The Bertz CT molecular complexity index is 125. The molecule has 0 aromatic heterocycles. The average Bonchev–Trinajstić information content (AvgIpc) is 2.26. The van der Waals surface area contributed by atoms with Gasteiger partial charge in [-0.05, 0) is 0 Å². The Morgan fingerprint density at radius 3 is 1.50 bits per heavy atom. The van der Waals surface area contributed by atoms with Crippen molar-refractivity contribution in [3.05, 3.63) is 0 Å². The van der Waals surface area contributed by atoms with Gasteiger partial charge in [0.15, 0.2) is 0 Å². The maximum absolute atomic E-state index is 3.98. The molecule has 0 aliphatic heterocycles. The summed E-state index contributed by atoms with van der Waals surface area (Å²) in [4.78, 5) is 0. The first-order valence-electron chi connectivity index (χ1n) is 7.12. The van der Waals surface area contributed by atoms with E-state index in [1.54, 1.807) is 12.1 Å². The Labute approximate surface area is 110 Å². The Morgan fingerprint density at radius 2 is 1.19 bits per heavy atom. The van der Waals surface area contributed by atoms with Crippen molar-refractivity contribution in [1.29, 1.82) is 0 Å². The molecule has 0 bridgehead atoms. The first kappa shape index (κ1) is 16.7. The van der Waals surface area contributed by atoms with Crippen LogP contribution in [-0.2, 0) is 0 Å². The SMILES string of the molecule is CCCCCC[Si](CCCCCC)[Si](C)[Si]. The van der Waals surface area contributed by atoms with Gasteiger partial charge in [-0.3, -0.25) is 0 Å². The zero-order valence-corrected chi connectivity index (χ0v) is 14.6. The number of hydrogen-bond acceptors (Lipinski definition) is 0. The topological polar surface area (TPSA) is 0 Å². The van der Waals surface area contributed by atoms with Gasteiger partial charge in [0, 0.05) is 25.9 Å². The van der Waals surface area contributed by atoms with Crippen molar-refractivity contribution in [2.24, 2.45) is 0 Å². The molecule has 5 radical (unpaired) electrons. The highest BCUT2D eigenvalue weighted by atomic mass is 29.6. The van der Waals surface area contributed by atoms with Crippen molar-refractivity contribution in [1.82, 2.24) is 0 Å². The molecule has 93 valence electrons. The summed E-state index contributed by atoms with van der Waals surface area (Å²) < 4.78 is 0. The van der Waals surface area contributed by atoms with Crippen molar-refractivity contribution >= 4 is 25.9 Å². The van der Waals surface area contributed by atoms with Crippen LogP contribution in [0, 0.1) is 0 Å². The van der Waals surface area contributed by atoms with Crippen LogP contribution in [0.5, 0.6) is 0 Å². The van der Waals surface area contributed by atoms with Gasteiger partial charge in [0.2, 0.25) is 0 Å². The predicted molar refractivity (Wildman–Crippen MR) is 81.0 cm³/mol. The second kappa shape index (κ2) is 12.1. The van der Waals surface area contributed by atoms with Gasteiger partial charge in [0.05, 0.1) is 0 Å². The van der Waals surface area contributed by atoms with E-state index < -0.39 is 0 Å². The van der Waals surface area contributed by atoms with Crippen molar-refractivity contribution in [2.75, 3.05) is 0 Å². The van der Waals surface area contributed by atoms with E-state index in [1.165, 1.54) is 51.4 Å². The lowest BCUT2D eigenvalue weighted by Gasteiger charge is -2.17. The third kappa shape index (κ3) is 9.85. The van der Waals surface area contributed by atoms with Crippen LogP contribution in [0.3, 0.4) is 0 Å². The maximum atomic E-state index is 3.98. The minimum absolute atomic E-state index is 0.00720. The standard InChI is InChI=1S/C13H29Si3/c1-4-6-8-10-12-16(15(3)14)13-11-9-7-5-2/h4-13H2,1-3H3. The van der Waals surface area contributed by atoms with Crippen molar-refractivity contribution in [2.45, 2.75) is 83.8 Å². The van der Waals surface area contributed by atoms with E-state index in [-0.39, 0.29) is 16.1 Å². The Hall–Kier alpha value is 0.651. The molecule has 0 aromatic rings. The first-order valence-corrected chi connectivity index (χ1v) is 13.5. The van der Waals surface area contributed by atoms with E-state index in [9.17, 15) is 0 Å². The molecule has 0 aliphatic rings. The molecule has 0 rings (SSSR count). The van der Waals surface area contributed by atoms with Crippen molar-refractivity contribution < 1.29 is 0 Å². The summed E-state index contributed by atoms with van der Waals surface area (Å²) >= 11 is 0. The van der Waals surface area contributed by atoms with E-state index in [0.717, 1.165) is 0 Å². The normalized spacial score (nSPS) is 11.6. The van der Waals surface area contributed by atoms with Crippen LogP contribution in [0.25, 0.3) is 0 Å². The van der Waals surface area contributed by atoms with Gasteiger partial charge in [0.25, 0.3) is 0 Å². The van der Waals surface area contributed by atoms with E-state index in [2.05, 4.69) is 30.2 Å². The molecule has 16 heavy (non-hydrogen) atoms. The smallest absolute Gasteiger partial charge is 0.0337 e. The molecule has 0 atom stereocenters. The third-order valence-electron chi connectivity index (χ3n) is 3.19. The van der Waals surface area contributed by atoms with Gasteiger partial charge in [0.1, 0.15) is 0 Å². The summed E-state index contributed by atoms with van der Waals surface area (Å²) in [5, 5.41) is 0.